The minimum Gasteiger partial charge on any atom is -0.659 e. The van der Waals surface area contributed by atoms with Gasteiger partial charge in [-0.15, -0.1) is 5.70 Å². The highest BCUT2D eigenvalue weighted by Crippen LogP contribution is 2.44. The van der Waals surface area contributed by atoms with Crippen molar-refractivity contribution < 1.29 is 4.42 Å². The van der Waals surface area contributed by atoms with Crippen molar-refractivity contribution in [2.45, 2.75) is 6.17 Å². The SMILES string of the molecule is c1ccc(C2=c3ccccc3=NC(c3cccc4oc5c(-n6c7ccc(-c8ccccc8)cc7c7cc(-c8ccccc8)ccc76)cccc5c34)[N-]2)cc1. The molecule has 1 aliphatic rings. The van der Waals surface area contributed by atoms with Crippen molar-refractivity contribution >= 4 is 49.4 Å². The second-order valence-electron chi connectivity index (χ2n) is 13.9. The molecule has 54 heavy (non-hydrogen) atoms. The van der Waals surface area contributed by atoms with Gasteiger partial charge in [-0.1, -0.05) is 146 Å². The molecular formula is C50H32N3O-. The lowest BCUT2D eigenvalue weighted by Crippen LogP contribution is -2.31. The van der Waals surface area contributed by atoms with Crippen molar-refractivity contribution in [1.29, 1.82) is 0 Å². The van der Waals surface area contributed by atoms with Crippen LogP contribution < -0.4 is 10.6 Å². The van der Waals surface area contributed by atoms with Gasteiger partial charge >= 0.3 is 0 Å². The van der Waals surface area contributed by atoms with Gasteiger partial charge in [0.2, 0.25) is 0 Å². The number of aromatic nitrogens is 1. The highest BCUT2D eigenvalue weighted by molar-refractivity contribution is 6.14. The number of para-hydroxylation sites is 2. The highest BCUT2D eigenvalue weighted by atomic mass is 16.3. The fourth-order valence-corrected chi connectivity index (χ4v) is 8.26. The van der Waals surface area contributed by atoms with Crippen molar-refractivity contribution in [3.05, 3.63) is 215 Å². The summed E-state index contributed by atoms with van der Waals surface area (Å²) in [5.41, 5.74) is 12.7. The topological polar surface area (TPSA) is 44.5 Å². The van der Waals surface area contributed by atoms with E-state index in [4.69, 9.17) is 14.7 Å². The highest BCUT2D eigenvalue weighted by Gasteiger charge is 2.21. The Morgan fingerprint density at radius 2 is 1.07 bits per heavy atom. The van der Waals surface area contributed by atoms with Gasteiger partial charge in [0.05, 0.1) is 22.1 Å². The minimum absolute atomic E-state index is 0.427. The molecule has 0 saturated heterocycles. The molecule has 4 heteroatoms. The molecule has 0 saturated carbocycles. The molecule has 0 bridgehead atoms. The largest absolute Gasteiger partial charge is 0.659 e. The number of benzene rings is 8. The molecule has 11 rings (SSSR count). The normalized spacial score (nSPS) is 14.0. The van der Waals surface area contributed by atoms with Crippen LogP contribution in [0.4, 0.5) is 0 Å². The fourth-order valence-electron chi connectivity index (χ4n) is 8.26. The Hall–Kier alpha value is -7.17. The number of furan rings is 1. The summed E-state index contributed by atoms with van der Waals surface area (Å²) < 4.78 is 9.26. The molecule has 4 nitrogen and oxygen atoms in total. The van der Waals surface area contributed by atoms with E-state index >= 15 is 0 Å². The van der Waals surface area contributed by atoms with E-state index in [1.165, 1.54) is 33.0 Å². The molecule has 0 spiro atoms. The minimum atomic E-state index is -0.427. The summed E-state index contributed by atoms with van der Waals surface area (Å²) in [5, 5.41) is 11.8. The van der Waals surface area contributed by atoms with Gasteiger partial charge in [0, 0.05) is 27.7 Å². The van der Waals surface area contributed by atoms with Crippen molar-refractivity contribution in [2.24, 2.45) is 4.99 Å². The van der Waals surface area contributed by atoms with Crippen molar-refractivity contribution in [3.63, 3.8) is 0 Å². The van der Waals surface area contributed by atoms with Crippen LogP contribution in [0.1, 0.15) is 17.3 Å². The molecule has 0 radical (unpaired) electrons. The van der Waals surface area contributed by atoms with Crippen LogP contribution in [0.2, 0.25) is 0 Å². The molecule has 1 unspecified atom stereocenters. The Morgan fingerprint density at radius 3 is 1.74 bits per heavy atom. The van der Waals surface area contributed by atoms with Gasteiger partial charge in [-0.25, -0.2) is 0 Å². The summed E-state index contributed by atoms with van der Waals surface area (Å²) in [6.07, 6.45) is -0.427. The Kier molecular flexibility index (Phi) is 6.89. The maximum absolute atomic E-state index is 6.89. The zero-order chi connectivity index (χ0) is 35.6. The summed E-state index contributed by atoms with van der Waals surface area (Å²) in [7, 11) is 0. The van der Waals surface area contributed by atoms with Gasteiger partial charge in [-0.3, -0.25) is 4.99 Å². The summed E-state index contributed by atoms with van der Waals surface area (Å²) in [6, 6.07) is 66.3. The third kappa shape index (κ3) is 4.81. The Labute approximate surface area is 311 Å². The molecule has 8 aromatic carbocycles. The number of fused-ring (bicyclic) bond motifs is 7. The van der Waals surface area contributed by atoms with Gasteiger partial charge < -0.3 is 14.3 Å². The van der Waals surface area contributed by atoms with Gasteiger partial charge in [-0.05, 0) is 81.1 Å². The first-order chi connectivity index (χ1) is 26.8. The first-order valence-electron chi connectivity index (χ1n) is 18.4. The van der Waals surface area contributed by atoms with E-state index in [-0.39, 0.29) is 0 Å². The van der Waals surface area contributed by atoms with E-state index < -0.39 is 6.17 Å². The molecule has 0 fully saturated rings. The second-order valence-corrected chi connectivity index (χ2v) is 13.9. The molecule has 10 aromatic rings. The molecule has 2 aromatic heterocycles. The summed E-state index contributed by atoms with van der Waals surface area (Å²) >= 11 is 0. The van der Waals surface area contributed by atoms with Crippen LogP contribution in [-0.4, -0.2) is 4.57 Å². The average Bonchev–Trinajstić information content (AvgIpc) is 3.79. The van der Waals surface area contributed by atoms with Gasteiger partial charge in [0.1, 0.15) is 5.58 Å². The first-order valence-corrected chi connectivity index (χ1v) is 18.4. The standard InChI is InChI=1S/C50H32N3O/c1-4-14-32(15-5-1)35-26-28-43-40(30-35)41-31-36(33-16-6-2-7-17-33)27-29-44(41)53(43)45-24-12-21-38-47-39(22-13-25-46(47)54-49(38)45)50-51-42-23-11-10-20-37(42)48(52-50)34-18-8-3-9-19-34/h1-31,50H/q-1. The van der Waals surface area contributed by atoms with Crippen molar-refractivity contribution in [2.75, 3.05) is 0 Å². The average molecular weight is 691 g/mol. The predicted molar refractivity (Wildman–Crippen MR) is 221 cm³/mol. The van der Waals surface area contributed by atoms with Crippen LogP contribution in [0, 0.1) is 0 Å². The van der Waals surface area contributed by atoms with E-state index in [1.54, 1.807) is 0 Å². The molecule has 3 heterocycles. The number of hydrogen-bond donors (Lipinski definition) is 0. The lowest BCUT2D eigenvalue weighted by molar-refractivity contribution is 0.665. The molecule has 0 N–H and O–H groups in total. The van der Waals surface area contributed by atoms with Crippen LogP contribution >= 0.6 is 0 Å². The maximum atomic E-state index is 6.89. The molecule has 0 amide bonds. The Balaban J connectivity index is 1.13. The molecule has 1 aliphatic heterocycles. The maximum Gasteiger partial charge on any atom is 0.159 e. The lowest BCUT2D eigenvalue weighted by Gasteiger charge is -2.36. The van der Waals surface area contributed by atoms with Gasteiger partial charge in [-0.2, -0.15) is 0 Å². The molecule has 254 valence electrons. The smallest absolute Gasteiger partial charge is 0.159 e. The third-order valence-corrected chi connectivity index (χ3v) is 10.8. The van der Waals surface area contributed by atoms with Crippen LogP contribution in [0.3, 0.4) is 0 Å². The van der Waals surface area contributed by atoms with Crippen molar-refractivity contribution in [1.82, 2.24) is 4.57 Å². The molecule has 0 aliphatic carbocycles. The molecule has 1 atom stereocenters. The van der Waals surface area contributed by atoms with Crippen LogP contribution in [0.25, 0.3) is 82.7 Å². The summed E-state index contributed by atoms with van der Waals surface area (Å²) in [5.74, 6) is 0. The number of nitrogens with zero attached hydrogens (tertiary/aromatic N) is 3. The first kappa shape index (κ1) is 30.5. The van der Waals surface area contributed by atoms with E-state index in [1.807, 2.05) is 12.1 Å². The van der Waals surface area contributed by atoms with Gasteiger partial charge in [0.25, 0.3) is 0 Å². The predicted octanol–water partition coefficient (Wildman–Crippen LogP) is 11.9. The third-order valence-electron chi connectivity index (χ3n) is 10.8. The van der Waals surface area contributed by atoms with Gasteiger partial charge in [0.15, 0.2) is 5.58 Å². The fraction of sp³-hybridized carbons (Fsp3) is 0.0200. The zero-order valence-corrected chi connectivity index (χ0v) is 29.2. The monoisotopic (exact) mass is 690 g/mol. The summed E-state index contributed by atoms with van der Waals surface area (Å²) in [4.78, 5) is 5.21. The Bertz CT molecular complexity index is 3080. The van der Waals surface area contributed by atoms with E-state index in [0.29, 0.717) is 0 Å². The lowest BCUT2D eigenvalue weighted by atomic mass is 10.0. The number of hydrogen-bond acceptors (Lipinski definition) is 2. The Morgan fingerprint density at radius 1 is 0.481 bits per heavy atom. The summed E-state index contributed by atoms with van der Waals surface area (Å²) in [6.45, 7) is 0. The van der Waals surface area contributed by atoms with Crippen molar-refractivity contribution in [3.8, 4) is 27.9 Å². The van der Waals surface area contributed by atoms with Crippen LogP contribution in [0.5, 0.6) is 0 Å². The van der Waals surface area contributed by atoms with Crippen LogP contribution in [0.15, 0.2) is 197 Å². The van der Waals surface area contributed by atoms with Crippen LogP contribution in [-0.2, 0) is 0 Å². The molecular weight excluding hydrogens is 659 g/mol. The second kappa shape index (κ2) is 12.2. The quantitative estimate of drug-likeness (QED) is 0.177. The van der Waals surface area contributed by atoms with E-state index in [9.17, 15) is 0 Å². The zero-order valence-electron chi connectivity index (χ0n) is 29.2. The van der Waals surface area contributed by atoms with E-state index in [0.717, 1.165) is 66.1 Å². The van der Waals surface area contributed by atoms with E-state index in [2.05, 4.69) is 180 Å². The number of rotatable bonds is 5.